The Morgan fingerprint density at radius 3 is 2.16 bits per heavy atom. The summed E-state index contributed by atoms with van der Waals surface area (Å²) in [5.74, 6) is 1.71. The van der Waals surface area contributed by atoms with Crippen molar-refractivity contribution in [2.45, 2.75) is 13.3 Å². The zero-order valence-electron chi connectivity index (χ0n) is 11.0. The molecule has 1 N–H and O–H groups in total. The van der Waals surface area contributed by atoms with Crippen molar-refractivity contribution in [1.82, 2.24) is 0 Å². The fourth-order valence-electron chi connectivity index (χ4n) is 1.75. The minimum absolute atomic E-state index is 0.203. The van der Waals surface area contributed by atoms with E-state index < -0.39 is 0 Å². The molecule has 0 heterocycles. The summed E-state index contributed by atoms with van der Waals surface area (Å²) in [6, 6.07) is 14.8. The summed E-state index contributed by atoms with van der Waals surface area (Å²) in [7, 11) is 0. The third kappa shape index (κ3) is 4.21. The van der Waals surface area contributed by atoms with Gasteiger partial charge in [-0.3, -0.25) is 0 Å². The second kappa shape index (κ2) is 6.69. The van der Waals surface area contributed by atoms with Crippen LogP contribution in [0.1, 0.15) is 12.5 Å². The van der Waals surface area contributed by atoms with Gasteiger partial charge in [0.05, 0.1) is 0 Å². The fraction of sp³-hybridized carbons (Fsp3) is 0.250. The molecule has 0 saturated carbocycles. The maximum Gasteiger partial charge on any atom is 0.123 e. The second-order valence-corrected chi connectivity index (χ2v) is 4.20. The van der Waals surface area contributed by atoms with Crippen LogP contribution < -0.4 is 9.47 Å². The smallest absolute Gasteiger partial charge is 0.123 e. The molecule has 19 heavy (non-hydrogen) atoms. The van der Waals surface area contributed by atoms with Gasteiger partial charge in [-0.05, 0) is 36.2 Å². The number of phenolic OH excluding ortho intramolecular Hbond substituents is 1. The van der Waals surface area contributed by atoms with Crippen LogP contribution in [0.4, 0.5) is 0 Å². The van der Waals surface area contributed by atoms with E-state index in [-0.39, 0.29) is 5.75 Å². The minimum atomic E-state index is 0.203. The molecule has 0 aliphatic heterocycles. The van der Waals surface area contributed by atoms with Gasteiger partial charge < -0.3 is 14.6 Å². The summed E-state index contributed by atoms with van der Waals surface area (Å²) in [5, 5.41) is 9.29. The molecule has 0 radical (unpaired) electrons. The van der Waals surface area contributed by atoms with Crippen LogP contribution in [-0.4, -0.2) is 18.3 Å². The highest BCUT2D eigenvalue weighted by Gasteiger charge is 1.97. The van der Waals surface area contributed by atoms with Crippen molar-refractivity contribution in [3.05, 3.63) is 54.1 Å². The van der Waals surface area contributed by atoms with Crippen molar-refractivity contribution in [2.24, 2.45) is 0 Å². The summed E-state index contributed by atoms with van der Waals surface area (Å²) >= 11 is 0. The SMILES string of the molecule is CCc1cccc(OCCOc2cccc(O)c2)c1. The Balaban J connectivity index is 1.77. The van der Waals surface area contributed by atoms with E-state index >= 15 is 0 Å². The molecule has 0 aliphatic carbocycles. The lowest BCUT2D eigenvalue weighted by atomic mass is 10.2. The third-order valence-electron chi connectivity index (χ3n) is 2.75. The van der Waals surface area contributed by atoms with Crippen molar-refractivity contribution in [3.63, 3.8) is 0 Å². The number of aryl methyl sites for hydroxylation is 1. The molecule has 0 fully saturated rings. The number of hydrogen-bond donors (Lipinski definition) is 1. The lowest BCUT2D eigenvalue weighted by Crippen LogP contribution is -2.09. The number of rotatable bonds is 6. The third-order valence-corrected chi connectivity index (χ3v) is 2.75. The van der Waals surface area contributed by atoms with Gasteiger partial charge in [-0.1, -0.05) is 25.1 Å². The van der Waals surface area contributed by atoms with Crippen LogP contribution in [0.15, 0.2) is 48.5 Å². The quantitative estimate of drug-likeness (QED) is 0.807. The average molecular weight is 258 g/mol. The van der Waals surface area contributed by atoms with Crippen LogP contribution in [-0.2, 0) is 6.42 Å². The van der Waals surface area contributed by atoms with E-state index in [1.54, 1.807) is 24.3 Å². The van der Waals surface area contributed by atoms with Gasteiger partial charge in [-0.25, -0.2) is 0 Å². The van der Waals surface area contributed by atoms with Gasteiger partial charge in [-0.2, -0.15) is 0 Å². The second-order valence-electron chi connectivity index (χ2n) is 4.20. The first-order chi connectivity index (χ1) is 9.28. The van der Waals surface area contributed by atoms with E-state index in [9.17, 15) is 5.11 Å². The van der Waals surface area contributed by atoms with Crippen molar-refractivity contribution in [3.8, 4) is 17.2 Å². The van der Waals surface area contributed by atoms with Gasteiger partial charge in [0.2, 0.25) is 0 Å². The molecule has 2 aromatic carbocycles. The Morgan fingerprint density at radius 1 is 0.895 bits per heavy atom. The van der Waals surface area contributed by atoms with E-state index in [1.165, 1.54) is 5.56 Å². The molecular weight excluding hydrogens is 240 g/mol. The molecule has 0 amide bonds. The Bertz CT molecular complexity index is 523. The predicted octanol–water partition coefficient (Wildman–Crippen LogP) is 3.41. The summed E-state index contributed by atoms with van der Waals surface area (Å²) in [5.41, 5.74) is 1.26. The number of phenols is 1. The number of benzene rings is 2. The van der Waals surface area contributed by atoms with E-state index in [4.69, 9.17) is 9.47 Å². The van der Waals surface area contributed by atoms with Crippen molar-refractivity contribution in [1.29, 1.82) is 0 Å². The van der Waals surface area contributed by atoms with Gasteiger partial charge in [0.15, 0.2) is 0 Å². The van der Waals surface area contributed by atoms with E-state index in [2.05, 4.69) is 13.0 Å². The highest BCUT2D eigenvalue weighted by atomic mass is 16.5. The van der Waals surface area contributed by atoms with Gasteiger partial charge in [0, 0.05) is 6.07 Å². The van der Waals surface area contributed by atoms with Crippen LogP contribution in [0.3, 0.4) is 0 Å². The molecule has 0 saturated heterocycles. The first kappa shape index (κ1) is 13.3. The van der Waals surface area contributed by atoms with Crippen molar-refractivity contribution in [2.75, 3.05) is 13.2 Å². The molecule has 3 heteroatoms. The Kier molecular flexibility index (Phi) is 4.67. The number of aromatic hydroxyl groups is 1. The molecule has 0 bridgehead atoms. The van der Waals surface area contributed by atoms with Crippen LogP contribution in [0.2, 0.25) is 0 Å². The molecule has 0 atom stereocenters. The first-order valence-electron chi connectivity index (χ1n) is 6.41. The van der Waals surface area contributed by atoms with Gasteiger partial charge >= 0.3 is 0 Å². The molecule has 0 aliphatic rings. The Hall–Kier alpha value is -2.16. The van der Waals surface area contributed by atoms with Crippen LogP contribution >= 0.6 is 0 Å². The predicted molar refractivity (Wildman–Crippen MR) is 74.9 cm³/mol. The molecule has 100 valence electrons. The minimum Gasteiger partial charge on any atom is -0.508 e. The summed E-state index contributed by atoms with van der Waals surface area (Å²) in [6.45, 7) is 3.03. The zero-order chi connectivity index (χ0) is 13.5. The molecule has 0 aromatic heterocycles. The molecule has 2 rings (SSSR count). The van der Waals surface area contributed by atoms with Crippen LogP contribution in [0, 0.1) is 0 Å². The normalized spacial score (nSPS) is 10.2. The van der Waals surface area contributed by atoms with Crippen molar-refractivity contribution >= 4 is 0 Å². The highest BCUT2D eigenvalue weighted by molar-refractivity contribution is 5.31. The van der Waals surface area contributed by atoms with Gasteiger partial charge in [0.1, 0.15) is 30.5 Å². The number of hydrogen-bond acceptors (Lipinski definition) is 3. The lowest BCUT2D eigenvalue weighted by molar-refractivity contribution is 0.216. The zero-order valence-corrected chi connectivity index (χ0v) is 11.0. The van der Waals surface area contributed by atoms with Crippen molar-refractivity contribution < 1.29 is 14.6 Å². The summed E-state index contributed by atoms with van der Waals surface area (Å²) in [6.07, 6.45) is 0.997. The molecule has 0 spiro atoms. The van der Waals surface area contributed by atoms with Gasteiger partial charge in [-0.15, -0.1) is 0 Å². The monoisotopic (exact) mass is 258 g/mol. The van der Waals surface area contributed by atoms with E-state index in [0.717, 1.165) is 12.2 Å². The maximum atomic E-state index is 9.29. The van der Waals surface area contributed by atoms with Crippen LogP contribution in [0.25, 0.3) is 0 Å². The summed E-state index contributed by atoms with van der Waals surface area (Å²) < 4.78 is 11.1. The van der Waals surface area contributed by atoms with Gasteiger partial charge in [0.25, 0.3) is 0 Å². The lowest BCUT2D eigenvalue weighted by Gasteiger charge is -2.09. The first-order valence-corrected chi connectivity index (χ1v) is 6.41. The highest BCUT2D eigenvalue weighted by Crippen LogP contribution is 2.18. The molecule has 0 unspecified atom stereocenters. The Labute approximate surface area is 113 Å². The van der Waals surface area contributed by atoms with Crippen LogP contribution in [0.5, 0.6) is 17.2 Å². The largest absolute Gasteiger partial charge is 0.508 e. The molecule has 3 nitrogen and oxygen atoms in total. The molecule has 2 aromatic rings. The summed E-state index contributed by atoms with van der Waals surface area (Å²) in [4.78, 5) is 0. The topological polar surface area (TPSA) is 38.7 Å². The Morgan fingerprint density at radius 2 is 1.53 bits per heavy atom. The van der Waals surface area contributed by atoms with E-state index in [1.807, 2.05) is 18.2 Å². The molecular formula is C16H18O3. The number of ether oxygens (including phenoxy) is 2. The fourth-order valence-corrected chi connectivity index (χ4v) is 1.75. The maximum absolute atomic E-state index is 9.29. The van der Waals surface area contributed by atoms with E-state index in [0.29, 0.717) is 19.0 Å². The standard InChI is InChI=1S/C16H18O3/c1-2-13-5-3-7-15(11-13)18-9-10-19-16-8-4-6-14(17)12-16/h3-8,11-12,17H,2,9-10H2,1H3. The average Bonchev–Trinajstić information content (AvgIpc) is 2.44.